The summed E-state index contributed by atoms with van der Waals surface area (Å²) >= 11 is 7.31. The van der Waals surface area contributed by atoms with Crippen LogP contribution in [0.2, 0.25) is 0 Å². The molecule has 5 aromatic rings. The Bertz CT molecular complexity index is 1960. The number of terminal acetylenes is 1. The van der Waals surface area contributed by atoms with Gasteiger partial charge in [-0.05, 0) is 116 Å². The van der Waals surface area contributed by atoms with Gasteiger partial charge in [-0.3, -0.25) is 9.59 Å². The molecule has 2 aromatic heterocycles. The SMILES string of the molecule is C#Cc1ccc(C(=O)c2ccc(C(c3ccc(C(=O)c4ccc(C#C[P+](=S)I)cc4)[nH]3)c3c(C)cc(C)cc3C)[nH]2)cc1. The maximum atomic E-state index is 13.5. The number of halogens is 1. The van der Waals surface area contributed by atoms with E-state index in [0.717, 1.165) is 39.2 Å². The van der Waals surface area contributed by atoms with Crippen molar-refractivity contribution < 1.29 is 9.59 Å². The summed E-state index contributed by atoms with van der Waals surface area (Å²) in [5, 5.41) is 0. The molecular weight excluding hydrogens is 682 g/mol. The molecular formula is C36H27IN2O2PS+. The number of benzene rings is 3. The highest BCUT2D eigenvalue weighted by atomic mass is 127. The largest absolute Gasteiger partial charge is 0.355 e. The summed E-state index contributed by atoms with van der Waals surface area (Å²) in [6, 6.07) is 26.1. The molecule has 210 valence electrons. The third kappa shape index (κ3) is 6.79. The Kier molecular flexibility index (Phi) is 9.23. The first-order valence-corrected chi connectivity index (χ1v) is 18.6. The van der Waals surface area contributed by atoms with Crippen molar-refractivity contribution in [1.29, 1.82) is 0 Å². The minimum Gasteiger partial charge on any atom is -0.355 e. The van der Waals surface area contributed by atoms with Gasteiger partial charge in [0.15, 0.2) is 17.5 Å². The quantitative estimate of drug-likeness (QED) is 0.0772. The van der Waals surface area contributed by atoms with E-state index in [2.05, 4.69) is 82.4 Å². The molecule has 3 aromatic carbocycles. The number of carbonyl (C=O) groups excluding carboxylic acids is 2. The highest BCUT2D eigenvalue weighted by Gasteiger charge is 2.26. The zero-order valence-corrected chi connectivity index (χ0v) is 27.7. The molecule has 2 heterocycles. The van der Waals surface area contributed by atoms with E-state index in [1.807, 2.05) is 36.4 Å². The molecule has 0 saturated heterocycles. The average molecular weight is 710 g/mol. The molecule has 0 aliphatic rings. The second-order valence-corrected chi connectivity index (χ2v) is 17.0. The van der Waals surface area contributed by atoms with Gasteiger partial charge in [0, 0.05) is 33.6 Å². The van der Waals surface area contributed by atoms with Crippen molar-refractivity contribution in [2.45, 2.75) is 26.7 Å². The monoisotopic (exact) mass is 709 g/mol. The van der Waals surface area contributed by atoms with Crippen molar-refractivity contribution in [3.63, 3.8) is 0 Å². The zero-order chi connectivity index (χ0) is 30.7. The first-order valence-electron chi connectivity index (χ1n) is 13.5. The van der Waals surface area contributed by atoms with Gasteiger partial charge in [-0.25, -0.2) is 0 Å². The van der Waals surface area contributed by atoms with E-state index in [9.17, 15) is 9.59 Å². The highest BCUT2D eigenvalue weighted by molar-refractivity contribution is 14.2. The Labute approximate surface area is 270 Å². The van der Waals surface area contributed by atoms with Crippen molar-refractivity contribution in [3.05, 3.63) is 152 Å². The van der Waals surface area contributed by atoms with Crippen LogP contribution in [0.4, 0.5) is 0 Å². The summed E-state index contributed by atoms with van der Waals surface area (Å²) < 4.78 is -0.753. The first kappa shape index (κ1) is 30.4. The van der Waals surface area contributed by atoms with Crippen molar-refractivity contribution in [1.82, 2.24) is 9.97 Å². The molecule has 2 N–H and O–H groups in total. The molecule has 0 saturated carbocycles. The number of aryl methyl sites for hydroxylation is 3. The summed E-state index contributed by atoms with van der Waals surface area (Å²) in [4.78, 5) is 33.6. The van der Waals surface area contributed by atoms with Crippen LogP contribution in [0.3, 0.4) is 0 Å². The van der Waals surface area contributed by atoms with Gasteiger partial charge in [-0.15, -0.1) is 6.42 Å². The Balaban J connectivity index is 1.52. The lowest BCUT2D eigenvalue weighted by Gasteiger charge is -2.21. The number of H-pyrrole nitrogens is 2. The van der Waals surface area contributed by atoms with E-state index in [4.69, 9.17) is 18.2 Å². The van der Waals surface area contributed by atoms with Crippen molar-refractivity contribution >= 4 is 49.8 Å². The van der Waals surface area contributed by atoms with Crippen molar-refractivity contribution in [2.24, 2.45) is 0 Å². The molecule has 43 heavy (non-hydrogen) atoms. The maximum absolute atomic E-state index is 13.5. The molecule has 0 bridgehead atoms. The number of aromatic nitrogens is 2. The molecule has 0 amide bonds. The molecule has 0 radical (unpaired) electrons. The Morgan fingerprint density at radius 2 is 1.23 bits per heavy atom. The van der Waals surface area contributed by atoms with Crippen LogP contribution in [0.25, 0.3) is 0 Å². The van der Waals surface area contributed by atoms with Gasteiger partial charge in [0.25, 0.3) is 22.0 Å². The van der Waals surface area contributed by atoms with E-state index in [-0.39, 0.29) is 17.5 Å². The fourth-order valence-electron chi connectivity index (χ4n) is 5.39. The Morgan fingerprint density at radius 1 is 0.767 bits per heavy atom. The second kappa shape index (κ2) is 13.1. The topological polar surface area (TPSA) is 65.7 Å². The summed E-state index contributed by atoms with van der Waals surface area (Å²) in [6.45, 7) is 6.27. The minimum absolute atomic E-state index is 0.112. The fraction of sp³-hybridized carbons (Fsp3) is 0.111. The van der Waals surface area contributed by atoms with Crippen LogP contribution in [0.15, 0.2) is 84.9 Å². The maximum Gasteiger partial charge on any atom is 0.330 e. The van der Waals surface area contributed by atoms with Crippen molar-refractivity contribution in [2.75, 3.05) is 0 Å². The lowest BCUT2D eigenvalue weighted by atomic mass is 9.85. The van der Waals surface area contributed by atoms with Gasteiger partial charge in [0.05, 0.1) is 17.3 Å². The predicted molar refractivity (Wildman–Crippen MR) is 186 cm³/mol. The molecule has 7 heteroatoms. The number of hydrogen-bond acceptors (Lipinski definition) is 3. The minimum atomic E-state index is -0.753. The Morgan fingerprint density at radius 3 is 1.67 bits per heavy atom. The van der Waals surface area contributed by atoms with Gasteiger partial charge >= 0.3 is 4.34 Å². The smallest absolute Gasteiger partial charge is 0.330 e. The number of ketones is 2. The molecule has 4 nitrogen and oxygen atoms in total. The van der Waals surface area contributed by atoms with Gasteiger partial charge in [-0.1, -0.05) is 23.6 Å². The Hall–Kier alpha value is -4.07. The molecule has 2 atom stereocenters. The molecule has 0 fully saturated rings. The number of aromatic amines is 2. The number of nitrogens with one attached hydrogen (secondary N) is 2. The van der Waals surface area contributed by atoms with Gasteiger partial charge in [0.2, 0.25) is 11.6 Å². The summed E-state index contributed by atoms with van der Waals surface area (Å²) in [5.74, 6) is 5.15. The highest BCUT2D eigenvalue weighted by Crippen LogP contribution is 2.36. The van der Waals surface area contributed by atoms with Crippen LogP contribution in [0.5, 0.6) is 0 Å². The second-order valence-electron chi connectivity index (χ2n) is 10.3. The molecule has 0 aliphatic heterocycles. The van der Waals surface area contributed by atoms with E-state index in [1.165, 1.54) is 5.56 Å². The molecule has 5 rings (SSSR count). The standard InChI is InChI=1S/C36H26IN2O2PS/c1-5-25-6-10-27(11-7-25)35(40)31-16-14-29(38-31)34(33-23(3)20-22(2)21-24(33)4)30-15-17-32(39-30)36(41)28-12-8-26(9-13-28)18-19-42(37)43/h1,6-17,20-21,34H,2-4H3,(H-,38,39,40,41)/p+1. The molecule has 0 aliphatic carbocycles. The van der Waals surface area contributed by atoms with Crippen LogP contribution in [0.1, 0.15) is 82.8 Å². The summed E-state index contributed by atoms with van der Waals surface area (Å²) in [6.07, 6.45) is 5.47. The molecule has 0 spiro atoms. The predicted octanol–water partition coefficient (Wildman–Crippen LogP) is 8.49. The summed E-state index contributed by atoms with van der Waals surface area (Å²) in [5.41, 5.74) is 12.9. The number of carbonyl (C=O) groups is 2. The van der Waals surface area contributed by atoms with E-state index in [1.54, 1.807) is 36.4 Å². The lowest BCUT2D eigenvalue weighted by Crippen LogP contribution is -2.11. The zero-order valence-electron chi connectivity index (χ0n) is 23.8. The first-order chi connectivity index (χ1) is 20.6. The van der Waals surface area contributed by atoms with Crippen LogP contribution in [-0.2, 0) is 11.8 Å². The van der Waals surface area contributed by atoms with E-state index >= 15 is 0 Å². The summed E-state index contributed by atoms with van der Waals surface area (Å²) in [7, 11) is 0. The van der Waals surface area contributed by atoms with Gasteiger partial charge < -0.3 is 9.97 Å². The number of hydrogen-bond donors (Lipinski definition) is 2. The number of rotatable bonds is 7. The fourth-order valence-corrected chi connectivity index (χ4v) is 6.11. The van der Waals surface area contributed by atoms with Crippen LogP contribution in [0, 0.1) is 44.7 Å². The third-order valence-corrected chi connectivity index (χ3v) is 8.59. The average Bonchev–Trinajstić information content (AvgIpc) is 3.68. The van der Waals surface area contributed by atoms with Crippen molar-refractivity contribution in [3.8, 4) is 23.9 Å². The van der Waals surface area contributed by atoms with Crippen LogP contribution < -0.4 is 0 Å². The lowest BCUT2D eigenvalue weighted by molar-refractivity contribution is 0.102. The van der Waals surface area contributed by atoms with Crippen LogP contribution >= 0.6 is 26.4 Å². The van der Waals surface area contributed by atoms with Gasteiger partial charge in [-0.2, -0.15) is 0 Å². The van der Waals surface area contributed by atoms with E-state index in [0.29, 0.717) is 22.5 Å². The van der Waals surface area contributed by atoms with E-state index < -0.39 is 4.34 Å². The third-order valence-electron chi connectivity index (χ3n) is 7.30. The van der Waals surface area contributed by atoms with Crippen LogP contribution in [-0.4, -0.2) is 21.5 Å². The normalized spacial score (nSPS) is 11.7. The van der Waals surface area contributed by atoms with Gasteiger partial charge in [0.1, 0.15) is 0 Å². The molecule has 2 unspecified atom stereocenters.